The monoisotopic (exact) mass is 475 g/mol. The van der Waals surface area contributed by atoms with Crippen LogP contribution in [0.15, 0.2) is 36.4 Å². The van der Waals surface area contributed by atoms with Gasteiger partial charge in [0.1, 0.15) is 12.4 Å². The Labute approximate surface area is 192 Å². The van der Waals surface area contributed by atoms with Gasteiger partial charge < -0.3 is 4.74 Å². The van der Waals surface area contributed by atoms with Crippen molar-refractivity contribution in [2.24, 2.45) is 5.92 Å². The molecule has 176 valence electrons. The molecule has 2 fully saturated rings. The molecule has 1 saturated carbocycles. The van der Waals surface area contributed by atoms with Crippen LogP contribution in [0.2, 0.25) is 0 Å². The summed E-state index contributed by atoms with van der Waals surface area (Å²) in [4.78, 5) is 28.8. The maximum atomic E-state index is 14.0. The lowest BCUT2D eigenvalue weighted by molar-refractivity contribution is -0.117. The zero-order valence-electron chi connectivity index (χ0n) is 18.3. The molecule has 0 bridgehead atoms. The first-order valence-electron chi connectivity index (χ1n) is 10.9. The van der Waals surface area contributed by atoms with E-state index in [2.05, 4.69) is 10.3 Å². The number of nitrogens with one attached hydrogen (secondary N) is 1. The number of aryl methyl sites for hydroxylation is 1. The number of carbonyl (C=O) groups is 2. The summed E-state index contributed by atoms with van der Waals surface area (Å²) < 4.78 is 45.1. The van der Waals surface area contributed by atoms with Crippen LogP contribution >= 0.6 is 0 Å². The molecule has 8 nitrogen and oxygen atoms in total. The van der Waals surface area contributed by atoms with Gasteiger partial charge in [0.2, 0.25) is 5.91 Å². The molecule has 0 spiro atoms. The van der Waals surface area contributed by atoms with Gasteiger partial charge in [0.15, 0.2) is 21.4 Å². The fourth-order valence-electron chi connectivity index (χ4n) is 3.63. The molecule has 1 aliphatic heterocycles. The van der Waals surface area contributed by atoms with E-state index < -0.39 is 27.6 Å². The van der Waals surface area contributed by atoms with E-state index in [1.54, 1.807) is 37.3 Å². The van der Waals surface area contributed by atoms with E-state index in [1.807, 2.05) is 0 Å². The summed E-state index contributed by atoms with van der Waals surface area (Å²) in [7, 11) is -3.44. The van der Waals surface area contributed by atoms with E-state index in [-0.39, 0.29) is 36.1 Å². The number of aromatic nitrogens is 1. The molecule has 2 aliphatic rings. The molecular formula is C23H26FN3O5S. The number of sulfone groups is 1. The standard InChI is InChI=1S/C23H26FN3O5S/c1-15(17-7-8-19(24)20(11-17)32-13-16-5-6-16)14-33(30,31)10-9-18-3-2-4-21(25-18)27-12-22(28)26-23(27)29/h2-4,7-8,11,15-16H,5-6,9-10,12-14H2,1H3,(H,26,28,29)/t15-/m0/s1. The lowest BCUT2D eigenvalue weighted by Gasteiger charge is -2.15. The number of urea groups is 1. The smallest absolute Gasteiger partial charge is 0.330 e. The number of ether oxygens (including phenoxy) is 1. The molecule has 2 heterocycles. The molecule has 4 rings (SSSR count). The largest absolute Gasteiger partial charge is 0.490 e. The minimum Gasteiger partial charge on any atom is -0.490 e. The summed E-state index contributed by atoms with van der Waals surface area (Å²) in [5, 5.41) is 2.18. The van der Waals surface area contributed by atoms with Crippen molar-refractivity contribution < 1.29 is 27.1 Å². The minimum absolute atomic E-state index is 0.0938. The van der Waals surface area contributed by atoms with Gasteiger partial charge in [0, 0.05) is 12.1 Å². The number of hydrogen-bond donors (Lipinski definition) is 1. The van der Waals surface area contributed by atoms with E-state index in [1.165, 1.54) is 11.0 Å². The number of amides is 3. The molecule has 1 N–H and O–H groups in total. The number of halogens is 1. The normalized spacial score (nSPS) is 17.2. The Balaban J connectivity index is 1.36. The van der Waals surface area contributed by atoms with Crippen molar-refractivity contribution in [2.75, 3.05) is 29.6 Å². The summed E-state index contributed by atoms with van der Waals surface area (Å²) in [5.41, 5.74) is 1.21. The van der Waals surface area contributed by atoms with Gasteiger partial charge in [0.25, 0.3) is 0 Å². The molecule has 0 unspecified atom stereocenters. The van der Waals surface area contributed by atoms with Crippen molar-refractivity contribution in [1.29, 1.82) is 0 Å². The third kappa shape index (κ3) is 6.07. The van der Waals surface area contributed by atoms with Gasteiger partial charge in [-0.15, -0.1) is 0 Å². The molecular weight excluding hydrogens is 449 g/mol. The zero-order valence-corrected chi connectivity index (χ0v) is 19.1. The van der Waals surface area contributed by atoms with Crippen molar-refractivity contribution in [3.8, 4) is 5.75 Å². The van der Waals surface area contributed by atoms with Crippen molar-refractivity contribution in [3.05, 3.63) is 53.5 Å². The van der Waals surface area contributed by atoms with Crippen LogP contribution in [0, 0.1) is 11.7 Å². The Morgan fingerprint density at radius 1 is 1.24 bits per heavy atom. The summed E-state index contributed by atoms with van der Waals surface area (Å²) in [5.74, 6) is -0.467. The fourth-order valence-corrected chi connectivity index (χ4v) is 5.27. The Morgan fingerprint density at radius 2 is 2.03 bits per heavy atom. The minimum atomic E-state index is -3.44. The van der Waals surface area contributed by atoms with Crippen LogP contribution in [-0.2, 0) is 21.1 Å². The molecule has 3 amide bonds. The molecule has 33 heavy (non-hydrogen) atoms. The zero-order chi connectivity index (χ0) is 23.6. The number of pyridine rings is 1. The summed E-state index contributed by atoms with van der Waals surface area (Å²) >= 11 is 0. The van der Waals surface area contributed by atoms with Gasteiger partial charge in [-0.25, -0.2) is 22.6 Å². The second-order valence-electron chi connectivity index (χ2n) is 8.64. The van der Waals surface area contributed by atoms with Gasteiger partial charge >= 0.3 is 6.03 Å². The second kappa shape index (κ2) is 9.46. The van der Waals surface area contributed by atoms with Crippen molar-refractivity contribution in [1.82, 2.24) is 10.3 Å². The van der Waals surface area contributed by atoms with Crippen LogP contribution in [0.1, 0.15) is 36.9 Å². The number of rotatable bonds is 10. The van der Waals surface area contributed by atoms with Crippen molar-refractivity contribution in [3.63, 3.8) is 0 Å². The molecule has 2 aromatic rings. The molecule has 1 aromatic heterocycles. The average molecular weight is 476 g/mol. The third-order valence-corrected chi connectivity index (χ3v) is 7.56. The van der Waals surface area contributed by atoms with Crippen molar-refractivity contribution in [2.45, 2.75) is 32.1 Å². The second-order valence-corrected chi connectivity index (χ2v) is 10.9. The molecule has 1 aromatic carbocycles. The van der Waals surface area contributed by atoms with Gasteiger partial charge in [-0.3, -0.25) is 15.0 Å². The quantitative estimate of drug-likeness (QED) is 0.530. The highest BCUT2D eigenvalue weighted by atomic mass is 32.2. The summed E-state index contributed by atoms with van der Waals surface area (Å²) in [6.07, 6.45) is 2.36. The molecule has 0 radical (unpaired) electrons. The van der Waals surface area contributed by atoms with E-state index in [9.17, 15) is 22.4 Å². The van der Waals surface area contributed by atoms with Crippen LogP contribution in [0.3, 0.4) is 0 Å². The van der Waals surface area contributed by atoms with Crippen molar-refractivity contribution >= 4 is 27.6 Å². The topological polar surface area (TPSA) is 106 Å². The maximum Gasteiger partial charge on any atom is 0.330 e. The Bertz CT molecular complexity index is 1170. The first kappa shape index (κ1) is 23.2. The first-order chi connectivity index (χ1) is 15.7. The van der Waals surface area contributed by atoms with Crippen LogP contribution in [0.5, 0.6) is 5.75 Å². The molecule has 1 saturated heterocycles. The van der Waals surface area contributed by atoms with Gasteiger partial charge in [-0.2, -0.15) is 0 Å². The third-order valence-electron chi connectivity index (χ3n) is 5.73. The number of benzene rings is 1. The van der Waals surface area contributed by atoms with Crippen LogP contribution in [-0.4, -0.2) is 50.0 Å². The SMILES string of the molecule is C[C@@H](CS(=O)(=O)CCc1cccc(N2CC(=O)NC2=O)n1)c1ccc(F)c(OCC2CC2)c1. The highest BCUT2D eigenvalue weighted by molar-refractivity contribution is 7.91. The highest BCUT2D eigenvalue weighted by Crippen LogP contribution is 2.31. The van der Waals surface area contributed by atoms with Crippen LogP contribution in [0.25, 0.3) is 0 Å². The Kier molecular flexibility index (Phi) is 6.64. The number of nitrogens with zero attached hydrogens (tertiary/aromatic N) is 2. The van der Waals surface area contributed by atoms with Crippen LogP contribution < -0.4 is 15.0 Å². The maximum absolute atomic E-state index is 14.0. The van der Waals surface area contributed by atoms with E-state index >= 15 is 0 Å². The molecule has 10 heteroatoms. The highest BCUT2D eigenvalue weighted by Gasteiger charge is 2.29. The summed E-state index contributed by atoms with van der Waals surface area (Å²) in [6, 6.07) is 8.89. The predicted octanol–water partition coefficient (Wildman–Crippen LogP) is 2.83. The number of carbonyl (C=O) groups excluding carboxylic acids is 2. The average Bonchev–Trinajstić information content (AvgIpc) is 3.53. The lowest BCUT2D eigenvalue weighted by Crippen LogP contribution is -2.28. The van der Waals surface area contributed by atoms with E-state index in [4.69, 9.17) is 4.74 Å². The van der Waals surface area contributed by atoms with Gasteiger partial charge in [-0.05, 0) is 54.5 Å². The van der Waals surface area contributed by atoms with E-state index in [0.29, 0.717) is 29.6 Å². The first-order valence-corrected chi connectivity index (χ1v) is 12.7. The van der Waals surface area contributed by atoms with E-state index in [0.717, 1.165) is 12.8 Å². The molecule has 1 aliphatic carbocycles. The van der Waals surface area contributed by atoms with Gasteiger partial charge in [-0.1, -0.05) is 19.1 Å². The molecule has 1 atom stereocenters. The lowest BCUT2D eigenvalue weighted by atomic mass is 10.0. The number of anilines is 1. The summed E-state index contributed by atoms with van der Waals surface area (Å²) in [6.45, 7) is 2.15. The number of hydrogen-bond acceptors (Lipinski definition) is 6. The predicted molar refractivity (Wildman–Crippen MR) is 121 cm³/mol. The number of imide groups is 1. The Hall–Kier alpha value is -3.01. The fraction of sp³-hybridized carbons (Fsp3) is 0.435. The van der Waals surface area contributed by atoms with Gasteiger partial charge in [0.05, 0.1) is 18.1 Å². The Morgan fingerprint density at radius 3 is 2.73 bits per heavy atom. The van der Waals surface area contributed by atoms with Crippen LogP contribution in [0.4, 0.5) is 15.0 Å².